The van der Waals surface area contributed by atoms with Gasteiger partial charge in [-0.2, -0.15) is 0 Å². The summed E-state index contributed by atoms with van der Waals surface area (Å²) in [5.41, 5.74) is 4.43. The number of hydrogen-bond donors (Lipinski definition) is 0. The van der Waals surface area contributed by atoms with E-state index in [0.29, 0.717) is 0 Å². The lowest BCUT2D eigenvalue weighted by atomic mass is 10.1. The Kier molecular flexibility index (Phi) is 3.15. The number of imidazole rings is 1. The smallest absolute Gasteiger partial charge is 0.143 e. The molecule has 0 N–H and O–H groups in total. The van der Waals surface area contributed by atoms with Crippen molar-refractivity contribution in [2.75, 3.05) is 0 Å². The number of thiazole rings is 1. The summed E-state index contributed by atoms with van der Waals surface area (Å²) in [6.07, 6.45) is 1.98. The molecule has 5 rings (SSSR count). The highest BCUT2D eigenvalue weighted by molar-refractivity contribution is 7.21. The number of rotatable bonds is 2. The van der Waals surface area contributed by atoms with E-state index in [-0.39, 0.29) is 5.82 Å². The second kappa shape index (κ2) is 5.50. The maximum atomic E-state index is 13.3. The van der Waals surface area contributed by atoms with Gasteiger partial charge in [-0.05, 0) is 48.5 Å². The fourth-order valence-electron chi connectivity index (χ4n) is 2.98. The number of nitrogens with zero attached hydrogens (tertiary/aromatic N) is 3. The molecule has 5 heteroatoms. The molecule has 3 aromatic heterocycles. The van der Waals surface area contributed by atoms with Crippen LogP contribution in [0.3, 0.4) is 0 Å². The van der Waals surface area contributed by atoms with Crippen molar-refractivity contribution in [3.05, 3.63) is 78.7 Å². The van der Waals surface area contributed by atoms with Crippen molar-refractivity contribution in [3.8, 4) is 22.0 Å². The van der Waals surface area contributed by atoms with Crippen molar-refractivity contribution in [1.29, 1.82) is 0 Å². The molecule has 0 radical (unpaired) electrons. The zero-order valence-corrected chi connectivity index (χ0v) is 13.9. The second-order valence-corrected chi connectivity index (χ2v) is 6.76. The van der Waals surface area contributed by atoms with Crippen molar-refractivity contribution in [1.82, 2.24) is 14.4 Å². The average molecular weight is 345 g/mol. The third-order valence-corrected chi connectivity index (χ3v) is 5.19. The zero-order chi connectivity index (χ0) is 16.8. The summed E-state index contributed by atoms with van der Waals surface area (Å²) in [7, 11) is 0. The van der Waals surface area contributed by atoms with Gasteiger partial charge in [0.25, 0.3) is 0 Å². The first-order chi connectivity index (χ1) is 12.3. The van der Waals surface area contributed by atoms with Gasteiger partial charge in [-0.3, -0.25) is 4.40 Å². The van der Waals surface area contributed by atoms with E-state index in [1.807, 2.05) is 47.0 Å². The Bertz CT molecular complexity index is 1170. The molecule has 0 aliphatic carbocycles. The Morgan fingerprint density at radius 3 is 2.48 bits per heavy atom. The molecule has 0 saturated heterocycles. The van der Waals surface area contributed by atoms with Crippen molar-refractivity contribution in [3.63, 3.8) is 0 Å². The molecule has 0 atom stereocenters. The van der Waals surface area contributed by atoms with Gasteiger partial charge in [-0.1, -0.05) is 18.2 Å². The molecule has 0 aliphatic rings. The van der Waals surface area contributed by atoms with Crippen LogP contribution < -0.4 is 0 Å². The van der Waals surface area contributed by atoms with Crippen LogP contribution in [0.2, 0.25) is 0 Å². The summed E-state index contributed by atoms with van der Waals surface area (Å²) in [4.78, 5) is 9.56. The van der Waals surface area contributed by atoms with Crippen molar-refractivity contribution >= 4 is 27.2 Å². The zero-order valence-electron chi connectivity index (χ0n) is 13.1. The summed E-state index contributed by atoms with van der Waals surface area (Å²) >= 11 is 1.64. The normalized spacial score (nSPS) is 11.4. The Hall–Kier alpha value is -3.05. The molecule has 0 aliphatic heterocycles. The number of para-hydroxylation sites is 1. The fourth-order valence-corrected chi connectivity index (χ4v) is 3.99. The first-order valence-electron chi connectivity index (χ1n) is 7.88. The van der Waals surface area contributed by atoms with Gasteiger partial charge in [-0.25, -0.2) is 14.4 Å². The highest BCUT2D eigenvalue weighted by atomic mass is 32.1. The van der Waals surface area contributed by atoms with Gasteiger partial charge in [0.1, 0.15) is 22.2 Å². The van der Waals surface area contributed by atoms with Gasteiger partial charge in [0.2, 0.25) is 0 Å². The minimum atomic E-state index is -0.256. The summed E-state index contributed by atoms with van der Waals surface area (Å²) in [5, 5.41) is 0.902. The number of aromatic nitrogens is 3. The van der Waals surface area contributed by atoms with Crippen molar-refractivity contribution < 1.29 is 4.39 Å². The van der Waals surface area contributed by atoms with Crippen LogP contribution in [-0.2, 0) is 0 Å². The molecule has 0 saturated carbocycles. The van der Waals surface area contributed by atoms with Crippen LogP contribution in [0.25, 0.3) is 37.8 Å². The third-order valence-electron chi connectivity index (χ3n) is 4.14. The number of fused-ring (bicyclic) bond motifs is 2. The Balaban J connectivity index is 1.83. The number of benzene rings is 2. The van der Waals surface area contributed by atoms with Crippen molar-refractivity contribution in [2.24, 2.45) is 0 Å². The highest BCUT2D eigenvalue weighted by Crippen LogP contribution is 2.37. The first kappa shape index (κ1) is 14.3. The lowest BCUT2D eigenvalue weighted by Crippen LogP contribution is -1.88. The number of hydrogen-bond acceptors (Lipinski definition) is 3. The summed E-state index contributed by atoms with van der Waals surface area (Å²) in [6.45, 7) is 0. The monoisotopic (exact) mass is 345 g/mol. The topological polar surface area (TPSA) is 30.2 Å². The van der Waals surface area contributed by atoms with Crippen molar-refractivity contribution in [2.45, 2.75) is 0 Å². The van der Waals surface area contributed by atoms with E-state index < -0.39 is 0 Å². The maximum absolute atomic E-state index is 13.3. The van der Waals surface area contributed by atoms with Crippen LogP contribution >= 0.6 is 11.3 Å². The quantitative estimate of drug-likeness (QED) is 0.428. The Morgan fingerprint density at radius 1 is 0.840 bits per heavy atom. The summed E-state index contributed by atoms with van der Waals surface area (Å²) in [5.74, 6) is -0.256. The van der Waals surface area contributed by atoms with Crippen LogP contribution in [0, 0.1) is 5.82 Å². The molecule has 25 heavy (non-hydrogen) atoms. The number of pyridine rings is 1. The minimum absolute atomic E-state index is 0.256. The third kappa shape index (κ3) is 2.32. The van der Waals surface area contributed by atoms with Crippen LogP contribution in [-0.4, -0.2) is 14.4 Å². The van der Waals surface area contributed by atoms with Gasteiger partial charge in [0.05, 0.1) is 15.9 Å². The van der Waals surface area contributed by atoms with Crippen LogP contribution in [0.15, 0.2) is 72.9 Å². The van der Waals surface area contributed by atoms with Gasteiger partial charge in [0, 0.05) is 11.8 Å². The lowest BCUT2D eigenvalue weighted by molar-refractivity contribution is 0.628. The predicted molar refractivity (Wildman–Crippen MR) is 99.2 cm³/mol. The molecular formula is C20H12FN3S. The molecule has 0 spiro atoms. The van der Waals surface area contributed by atoms with E-state index in [9.17, 15) is 4.39 Å². The van der Waals surface area contributed by atoms with E-state index in [0.717, 1.165) is 37.8 Å². The Labute approximate surface area is 147 Å². The largest absolute Gasteiger partial charge is 0.297 e. The SMILES string of the molecule is Fc1ccc(-c2nc3ccccn3c2-c2nc3ccccc3s2)cc1. The highest BCUT2D eigenvalue weighted by Gasteiger charge is 2.19. The Morgan fingerprint density at radius 2 is 1.64 bits per heavy atom. The fraction of sp³-hybridized carbons (Fsp3) is 0. The van der Waals surface area contributed by atoms with E-state index in [4.69, 9.17) is 9.97 Å². The van der Waals surface area contributed by atoms with Crippen LogP contribution in [0.1, 0.15) is 0 Å². The van der Waals surface area contributed by atoms with Gasteiger partial charge in [-0.15, -0.1) is 11.3 Å². The van der Waals surface area contributed by atoms with Gasteiger partial charge >= 0.3 is 0 Å². The standard InChI is InChI=1S/C20H12FN3S/c21-14-10-8-13(9-11-14)18-19(24-12-4-3-7-17(24)23-18)20-22-15-5-1-2-6-16(15)25-20/h1-12H. The van der Waals surface area contributed by atoms with E-state index in [1.54, 1.807) is 23.5 Å². The lowest BCUT2D eigenvalue weighted by Gasteiger charge is -2.02. The molecule has 0 bridgehead atoms. The molecule has 0 fully saturated rings. The van der Waals surface area contributed by atoms with Crippen LogP contribution in [0.4, 0.5) is 4.39 Å². The molecule has 120 valence electrons. The molecule has 3 heterocycles. The molecule has 0 unspecified atom stereocenters. The molecule has 3 nitrogen and oxygen atoms in total. The molecule has 5 aromatic rings. The summed E-state index contributed by atoms with van der Waals surface area (Å²) in [6, 6.07) is 20.4. The molecule has 0 amide bonds. The summed E-state index contributed by atoms with van der Waals surface area (Å²) < 4.78 is 16.5. The first-order valence-corrected chi connectivity index (χ1v) is 8.70. The maximum Gasteiger partial charge on any atom is 0.143 e. The van der Waals surface area contributed by atoms with Gasteiger partial charge < -0.3 is 0 Å². The van der Waals surface area contributed by atoms with Crippen LogP contribution in [0.5, 0.6) is 0 Å². The minimum Gasteiger partial charge on any atom is -0.297 e. The average Bonchev–Trinajstić information content (AvgIpc) is 3.23. The molecule has 2 aromatic carbocycles. The molecular weight excluding hydrogens is 333 g/mol. The van der Waals surface area contributed by atoms with E-state index in [2.05, 4.69) is 6.07 Å². The predicted octanol–water partition coefficient (Wildman–Crippen LogP) is 5.42. The second-order valence-electron chi connectivity index (χ2n) is 5.73. The van der Waals surface area contributed by atoms with E-state index in [1.165, 1.54) is 12.1 Å². The number of halogens is 1. The van der Waals surface area contributed by atoms with Gasteiger partial charge in [0.15, 0.2) is 0 Å². The van der Waals surface area contributed by atoms with E-state index >= 15 is 0 Å².